The van der Waals surface area contributed by atoms with Gasteiger partial charge in [-0.3, -0.25) is 4.72 Å². The highest BCUT2D eigenvalue weighted by atomic mass is 32.2. The third-order valence-electron chi connectivity index (χ3n) is 2.95. The maximum absolute atomic E-state index is 12.0. The Labute approximate surface area is 121 Å². The molecule has 0 aliphatic heterocycles. The maximum atomic E-state index is 12.0. The summed E-state index contributed by atoms with van der Waals surface area (Å²) < 4.78 is 31.8. The van der Waals surface area contributed by atoms with Crippen LogP contribution in [0.5, 0.6) is 0 Å². The molecule has 0 amide bonds. The number of methoxy groups -OCH3 is 1. The molecule has 1 aromatic carbocycles. The van der Waals surface area contributed by atoms with Gasteiger partial charge < -0.3 is 10.1 Å². The fourth-order valence-electron chi connectivity index (χ4n) is 1.86. The predicted molar refractivity (Wildman–Crippen MR) is 82.6 cm³/mol. The first-order chi connectivity index (χ1) is 9.59. The summed E-state index contributed by atoms with van der Waals surface area (Å²) in [7, 11) is 0.212. The van der Waals surface area contributed by atoms with Gasteiger partial charge in [0.15, 0.2) is 0 Å². The highest BCUT2D eigenvalue weighted by Crippen LogP contribution is 2.17. The fraction of sp³-hybridized carbons (Fsp3) is 0.571. The predicted octanol–water partition coefficient (Wildman–Crippen LogP) is 1.62. The minimum atomic E-state index is -3.28. The molecule has 20 heavy (non-hydrogen) atoms. The Hall–Kier alpha value is -1.11. The zero-order valence-electron chi connectivity index (χ0n) is 12.2. The van der Waals surface area contributed by atoms with E-state index in [1.807, 2.05) is 25.2 Å². The molecule has 0 saturated carbocycles. The van der Waals surface area contributed by atoms with Crippen LogP contribution in [0.4, 0.5) is 5.69 Å². The van der Waals surface area contributed by atoms with Gasteiger partial charge in [0, 0.05) is 7.11 Å². The lowest BCUT2D eigenvalue weighted by atomic mass is 10.1. The summed E-state index contributed by atoms with van der Waals surface area (Å²) >= 11 is 0. The molecule has 2 N–H and O–H groups in total. The van der Waals surface area contributed by atoms with Crippen LogP contribution in [-0.2, 0) is 21.2 Å². The largest absolute Gasteiger partial charge is 0.384 e. The van der Waals surface area contributed by atoms with Gasteiger partial charge in [-0.15, -0.1) is 0 Å². The lowest BCUT2D eigenvalue weighted by molar-refractivity contribution is 0.202. The first-order valence-corrected chi connectivity index (χ1v) is 8.46. The molecule has 1 rings (SSSR count). The van der Waals surface area contributed by atoms with E-state index < -0.39 is 10.0 Å². The molecular weight excluding hydrogens is 276 g/mol. The molecule has 0 fully saturated rings. The van der Waals surface area contributed by atoms with Crippen molar-refractivity contribution in [3.05, 3.63) is 29.8 Å². The number of hydrogen-bond donors (Lipinski definition) is 2. The summed E-state index contributed by atoms with van der Waals surface area (Å²) in [5.41, 5.74) is 1.60. The number of nitrogens with one attached hydrogen (secondary N) is 2. The van der Waals surface area contributed by atoms with Crippen molar-refractivity contribution in [3.63, 3.8) is 0 Å². The van der Waals surface area contributed by atoms with Crippen LogP contribution in [0.25, 0.3) is 0 Å². The zero-order valence-corrected chi connectivity index (χ0v) is 13.0. The van der Waals surface area contributed by atoms with Crippen LogP contribution in [0, 0.1) is 0 Å². The normalized spacial score (nSPS) is 11.5. The quantitative estimate of drug-likeness (QED) is 0.644. The molecule has 0 saturated heterocycles. The van der Waals surface area contributed by atoms with Crippen LogP contribution < -0.4 is 10.0 Å². The van der Waals surface area contributed by atoms with E-state index in [0.29, 0.717) is 25.1 Å². The molecule has 0 aliphatic rings. The van der Waals surface area contributed by atoms with E-state index >= 15 is 0 Å². The van der Waals surface area contributed by atoms with E-state index in [9.17, 15) is 8.42 Å². The van der Waals surface area contributed by atoms with E-state index in [0.717, 1.165) is 18.5 Å². The molecule has 0 aliphatic carbocycles. The highest BCUT2D eigenvalue weighted by molar-refractivity contribution is 7.92. The number of ether oxygens (including phenoxy) is 1. The van der Waals surface area contributed by atoms with Gasteiger partial charge in [-0.2, -0.15) is 0 Å². The van der Waals surface area contributed by atoms with Crippen LogP contribution >= 0.6 is 0 Å². The summed E-state index contributed by atoms with van der Waals surface area (Å²) in [4.78, 5) is 0. The third-order valence-corrected chi connectivity index (χ3v) is 4.31. The minimum Gasteiger partial charge on any atom is -0.384 e. The molecule has 0 aromatic heterocycles. The molecule has 114 valence electrons. The number of anilines is 1. The first kappa shape index (κ1) is 16.9. The molecule has 0 heterocycles. The van der Waals surface area contributed by atoms with E-state index in [1.165, 1.54) is 0 Å². The highest BCUT2D eigenvalue weighted by Gasteiger charge is 2.12. The average molecular weight is 300 g/mol. The van der Waals surface area contributed by atoms with E-state index in [4.69, 9.17) is 4.74 Å². The number of unbranched alkanes of at least 4 members (excludes halogenated alkanes) is 1. The fourth-order valence-corrected chi connectivity index (χ4v) is 3.08. The van der Waals surface area contributed by atoms with Crippen LogP contribution in [-0.4, -0.2) is 41.5 Å². The van der Waals surface area contributed by atoms with Crippen molar-refractivity contribution in [3.8, 4) is 0 Å². The lowest BCUT2D eigenvalue weighted by Gasteiger charge is -2.12. The average Bonchev–Trinajstić information content (AvgIpc) is 2.42. The van der Waals surface area contributed by atoms with Crippen molar-refractivity contribution in [2.24, 2.45) is 0 Å². The van der Waals surface area contributed by atoms with Gasteiger partial charge in [0.05, 0.1) is 18.0 Å². The molecule has 0 atom stereocenters. The van der Waals surface area contributed by atoms with Gasteiger partial charge in [-0.05, 0) is 44.5 Å². The molecule has 0 unspecified atom stereocenters. The Morgan fingerprint density at radius 2 is 1.95 bits per heavy atom. The van der Waals surface area contributed by atoms with Gasteiger partial charge in [-0.25, -0.2) is 8.42 Å². The molecule has 5 nitrogen and oxygen atoms in total. The summed E-state index contributed by atoms with van der Waals surface area (Å²) in [5, 5.41) is 3.01. The van der Waals surface area contributed by atoms with E-state index in [-0.39, 0.29) is 5.75 Å². The Kier molecular flexibility index (Phi) is 7.58. The number of rotatable bonds is 10. The standard InChI is InChI=1S/C14H24N2O3S/c1-15-10-5-6-12-20(17,18)16-14-8-4-3-7-13(14)9-11-19-2/h3-4,7-8,15-16H,5-6,9-12H2,1-2H3. The Morgan fingerprint density at radius 3 is 2.65 bits per heavy atom. The van der Waals surface area contributed by atoms with Gasteiger partial charge in [-0.1, -0.05) is 18.2 Å². The molecule has 0 radical (unpaired) electrons. The molecule has 0 bridgehead atoms. The Bertz CT molecular complexity index is 489. The van der Waals surface area contributed by atoms with Crippen molar-refractivity contribution in [1.82, 2.24) is 5.32 Å². The van der Waals surface area contributed by atoms with Crippen LogP contribution in [0.15, 0.2) is 24.3 Å². The summed E-state index contributed by atoms with van der Waals surface area (Å²) in [6, 6.07) is 7.43. The number of hydrogen-bond acceptors (Lipinski definition) is 4. The topological polar surface area (TPSA) is 67.4 Å². The second kappa shape index (κ2) is 8.94. The second-order valence-corrected chi connectivity index (χ2v) is 6.47. The van der Waals surface area contributed by atoms with Crippen LogP contribution in [0.2, 0.25) is 0 Å². The summed E-state index contributed by atoms with van der Waals surface area (Å²) in [6.45, 7) is 1.40. The SMILES string of the molecule is CNCCCCS(=O)(=O)Nc1ccccc1CCOC. The molecular formula is C14H24N2O3S. The number of para-hydroxylation sites is 1. The van der Waals surface area contributed by atoms with Gasteiger partial charge in [0.25, 0.3) is 0 Å². The number of sulfonamides is 1. The summed E-state index contributed by atoms with van der Waals surface area (Å²) in [6.07, 6.45) is 2.19. The van der Waals surface area contributed by atoms with E-state index in [1.54, 1.807) is 13.2 Å². The van der Waals surface area contributed by atoms with Gasteiger partial charge >= 0.3 is 0 Å². The zero-order chi connectivity index (χ0) is 14.8. The number of benzene rings is 1. The van der Waals surface area contributed by atoms with Crippen molar-refractivity contribution in [1.29, 1.82) is 0 Å². The Balaban J connectivity index is 2.62. The molecule has 0 spiro atoms. The minimum absolute atomic E-state index is 0.146. The van der Waals surface area contributed by atoms with Gasteiger partial charge in [0.1, 0.15) is 0 Å². The third kappa shape index (κ3) is 6.36. The Morgan fingerprint density at radius 1 is 1.20 bits per heavy atom. The van der Waals surface area contributed by atoms with Crippen LogP contribution in [0.1, 0.15) is 18.4 Å². The van der Waals surface area contributed by atoms with Crippen molar-refractivity contribution >= 4 is 15.7 Å². The smallest absolute Gasteiger partial charge is 0.232 e. The van der Waals surface area contributed by atoms with Crippen molar-refractivity contribution in [2.75, 3.05) is 37.8 Å². The molecule has 6 heteroatoms. The van der Waals surface area contributed by atoms with Crippen molar-refractivity contribution in [2.45, 2.75) is 19.3 Å². The van der Waals surface area contributed by atoms with Gasteiger partial charge in [0.2, 0.25) is 10.0 Å². The second-order valence-electron chi connectivity index (χ2n) is 4.63. The van der Waals surface area contributed by atoms with E-state index in [2.05, 4.69) is 10.0 Å². The summed E-state index contributed by atoms with van der Waals surface area (Å²) in [5.74, 6) is 0.146. The first-order valence-electron chi connectivity index (χ1n) is 6.81. The monoisotopic (exact) mass is 300 g/mol. The van der Waals surface area contributed by atoms with Crippen LogP contribution in [0.3, 0.4) is 0 Å². The molecule has 1 aromatic rings. The van der Waals surface area contributed by atoms with Crippen molar-refractivity contribution < 1.29 is 13.2 Å². The lowest BCUT2D eigenvalue weighted by Crippen LogP contribution is -2.19. The maximum Gasteiger partial charge on any atom is 0.232 e.